The molecule has 0 bridgehead atoms. The van der Waals surface area contributed by atoms with Gasteiger partial charge in [-0.05, 0) is 37.7 Å². The van der Waals surface area contributed by atoms with Crippen LogP contribution in [0.25, 0.3) is 0 Å². The molecule has 0 heterocycles. The zero-order valence-corrected chi connectivity index (χ0v) is 13.8. The fourth-order valence-corrected chi connectivity index (χ4v) is 3.95. The van der Waals surface area contributed by atoms with Gasteiger partial charge in [0.15, 0.2) is 6.29 Å². The van der Waals surface area contributed by atoms with Crippen molar-refractivity contribution in [3.63, 3.8) is 0 Å². The van der Waals surface area contributed by atoms with Gasteiger partial charge in [0, 0.05) is 19.2 Å². The summed E-state index contributed by atoms with van der Waals surface area (Å²) in [4.78, 5) is 25.0. The lowest BCUT2D eigenvalue weighted by Crippen LogP contribution is -2.35. The van der Waals surface area contributed by atoms with E-state index in [9.17, 15) is 18.0 Å². The molecule has 1 N–H and O–H groups in total. The smallest absolute Gasteiger partial charge is 0.267 e. The highest BCUT2D eigenvalue weighted by Crippen LogP contribution is 2.28. The van der Waals surface area contributed by atoms with Crippen LogP contribution in [-0.4, -0.2) is 48.9 Å². The maximum absolute atomic E-state index is 12.5. The molecule has 7 heteroatoms. The topological polar surface area (TPSA) is 91.8 Å². The minimum Gasteiger partial charge on any atom is -0.341 e. The van der Waals surface area contributed by atoms with Gasteiger partial charge < -0.3 is 4.90 Å². The molecule has 1 aromatic carbocycles. The molecule has 0 unspecified atom stereocenters. The molecule has 23 heavy (non-hydrogen) atoms. The number of carbonyl (C=O) groups excluding carboxylic acids is 2. The molecule has 0 aliphatic heterocycles. The third-order valence-electron chi connectivity index (χ3n) is 4.41. The zero-order valence-electron chi connectivity index (χ0n) is 13.0. The molecule has 1 fully saturated rings. The normalized spacial score (nSPS) is 21.7. The van der Waals surface area contributed by atoms with Crippen LogP contribution in [0.2, 0.25) is 0 Å². The fourth-order valence-electron chi connectivity index (χ4n) is 3.08. The van der Waals surface area contributed by atoms with Gasteiger partial charge in [-0.1, -0.05) is 18.2 Å². The molecule has 0 radical (unpaired) electrons. The third kappa shape index (κ3) is 4.39. The van der Waals surface area contributed by atoms with Crippen LogP contribution in [-0.2, 0) is 10.1 Å². The van der Waals surface area contributed by atoms with Gasteiger partial charge >= 0.3 is 0 Å². The first kappa shape index (κ1) is 17.6. The molecule has 6 nitrogen and oxygen atoms in total. The van der Waals surface area contributed by atoms with Gasteiger partial charge in [0.25, 0.3) is 16.0 Å². The average Bonchev–Trinajstić information content (AvgIpc) is 2.53. The highest BCUT2D eigenvalue weighted by molar-refractivity contribution is 7.86. The maximum atomic E-state index is 12.5. The molecule has 1 aromatic rings. The lowest BCUT2D eigenvalue weighted by molar-refractivity contribution is 0.0757. The first-order chi connectivity index (χ1) is 10.8. The van der Waals surface area contributed by atoms with Crippen molar-refractivity contribution in [3.8, 4) is 0 Å². The first-order valence-electron chi connectivity index (χ1n) is 7.59. The second-order valence-corrected chi connectivity index (χ2v) is 7.75. The molecule has 0 aromatic heterocycles. The van der Waals surface area contributed by atoms with Crippen LogP contribution in [0.1, 0.15) is 46.4 Å². The molecule has 2 rings (SSSR count). The molecule has 126 valence electrons. The molecule has 1 aliphatic rings. The predicted octanol–water partition coefficient (Wildman–Crippen LogP) is 2.02. The van der Waals surface area contributed by atoms with E-state index in [4.69, 9.17) is 4.55 Å². The number of rotatable bonds is 5. The number of hydrogen-bond acceptors (Lipinski definition) is 4. The van der Waals surface area contributed by atoms with E-state index in [1.807, 2.05) is 0 Å². The highest BCUT2D eigenvalue weighted by atomic mass is 32.2. The lowest BCUT2D eigenvalue weighted by atomic mass is 9.88. The standard InChI is InChI=1S/C16H21NO5S/c1-17(16(19)15-5-3-2-4-13(15)11-18)10-12-6-8-14(9-7-12)23(20,21)22/h2-5,11-12,14H,6-10H2,1H3,(H,20,21,22). The minimum absolute atomic E-state index is 0.199. The van der Waals surface area contributed by atoms with Crippen LogP contribution in [0, 0.1) is 5.92 Å². The number of carbonyl (C=O) groups is 2. The molecular weight excluding hydrogens is 318 g/mol. The van der Waals surface area contributed by atoms with E-state index >= 15 is 0 Å². The summed E-state index contributed by atoms with van der Waals surface area (Å²) in [6.07, 6.45) is 2.79. The molecule has 1 amide bonds. The lowest BCUT2D eigenvalue weighted by Gasteiger charge is -2.30. The van der Waals surface area contributed by atoms with E-state index in [1.165, 1.54) is 0 Å². The first-order valence-corrected chi connectivity index (χ1v) is 9.09. The summed E-state index contributed by atoms with van der Waals surface area (Å²) in [6.45, 7) is 0.504. The maximum Gasteiger partial charge on any atom is 0.267 e. The van der Waals surface area contributed by atoms with Gasteiger partial charge in [-0.25, -0.2) is 0 Å². The third-order valence-corrected chi connectivity index (χ3v) is 5.73. The average molecular weight is 339 g/mol. The van der Waals surface area contributed by atoms with Crippen molar-refractivity contribution in [2.45, 2.75) is 30.9 Å². The quantitative estimate of drug-likeness (QED) is 0.654. The summed E-state index contributed by atoms with van der Waals surface area (Å²) in [6, 6.07) is 6.64. The van der Waals surface area contributed by atoms with Crippen LogP contribution in [0.4, 0.5) is 0 Å². The highest BCUT2D eigenvalue weighted by Gasteiger charge is 2.30. The van der Waals surface area contributed by atoms with E-state index in [1.54, 1.807) is 36.2 Å². The Bertz CT molecular complexity index is 677. The van der Waals surface area contributed by atoms with Crippen molar-refractivity contribution in [1.29, 1.82) is 0 Å². The van der Waals surface area contributed by atoms with Crippen molar-refractivity contribution in [2.75, 3.05) is 13.6 Å². The molecular formula is C16H21NO5S. The van der Waals surface area contributed by atoms with Crippen molar-refractivity contribution in [3.05, 3.63) is 35.4 Å². The van der Waals surface area contributed by atoms with Crippen LogP contribution in [0.5, 0.6) is 0 Å². The Morgan fingerprint density at radius 2 is 1.87 bits per heavy atom. The van der Waals surface area contributed by atoms with E-state index in [2.05, 4.69) is 0 Å². The van der Waals surface area contributed by atoms with Crippen LogP contribution >= 0.6 is 0 Å². The Balaban J connectivity index is 1.96. The Morgan fingerprint density at radius 1 is 1.26 bits per heavy atom. The predicted molar refractivity (Wildman–Crippen MR) is 86.1 cm³/mol. The van der Waals surface area contributed by atoms with Crippen molar-refractivity contribution < 1.29 is 22.6 Å². The SMILES string of the molecule is CN(CC1CCC(S(=O)(=O)O)CC1)C(=O)c1ccccc1C=O. The Morgan fingerprint density at radius 3 is 2.43 bits per heavy atom. The van der Waals surface area contributed by atoms with Crippen molar-refractivity contribution in [1.82, 2.24) is 4.90 Å². The van der Waals surface area contributed by atoms with E-state index < -0.39 is 15.4 Å². The van der Waals surface area contributed by atoms with Gasteiger partial charge in [0.05, 0.1) is 10.8 Å². The molecule has 0 atom stereocenters. The van der Waals surface area contributed by atoms with Crippen molar-refractivity contribution in [2.24, 2.45) is 5.92 Å². The van der Waals surface area contributed by atoms with Gasteiger partial charge in [-0.2, -0.15) is 8.42 Å². The van der Waals surface area contributed by atoms with E-state index in [0.717, 1.165) is 0 Å². The largest absolute Gasteiger partial charge is 0.341 e. The van der Waals surface area contributed by atoms with Gasteiger partial charge in [-0.15, -0.1) is 0 Å². The number of hydrogen-bond donors (Lipinski definition) is 1. The second-order valence-electron chi connectivity index (χ2n) is 6.05. The summed E-state index contributed by atoms with van der Waals surface area (Å²) in [5.74, 6) is -0.0186. The van der Waals surface area contributed by atoms with E-state index in [-0.39, 0.29) is 11.8 Å². The van der Waals surface area contributed by atoms with Crippen molar-refractivity contribution >= 4 is 22.3 Å². The summed E-state index contributed by atoms with van der Waals surface area (Å²) < 4.78 is 31.4. The Labute approximate surface area is 136 Å². The Hall–Kier alpha value is -1.73. The van der Waals surface area contributed by atoms with Gasteiger partial charge in [-0.3, -0.25) is 14.1 Å². The molecule has 1 aliphatic carbocycles. The number of aldehydes is 1. The van der Waals surface area contributed by atoms with Gasteiger partial charge in [0.1, 0.15) is 0 Å². The summed E-state index contributed by atoms with van der Waals surface area (Å²) in [5, 5.41) is -0.685. The number of nitrogens with zero attached hydrogens (tertiary/aromatic N) is 1. The van der Waals surface area contributed by atoms with Crippen LogP contribution in [0.3, 0.4) is 0 Å². The summed E-state index contributed by atoms with van der Waals surface area (Å²) >= 11 is 0. The van der Waals surface area contributed by atoms with Crippen LogP contribution in [0.15, 0.2) is 24.3 Å². The summed E-state index contributed by atoms with van der Waals surface area (Å²) in [5.41, 5.74) is 0.732. The molecule has 0 saturated heterocycles. The van der Waals surface area contributed by atoms with Crippen LogP contribution < -0.4 is 0 Å². The number of benzene rings is 1. The molecule has 1 saturated carbocycles. The van der Waals surface area contributed by atoms with E-state index in [0.29, 0.717) is 49.6 Å². The zero-order chi connectivity index (χ0) is 17.0. The number of amides is 1. The Kier molecular flexibility index (Phi) is 5.54. The second kappa shape index (κ2) is 7.23. The molecule has 0 spiro atoms. The van der Waals surface area contributed by atoms with Gasteiger partial charge in [0.2, 0.25) is 0 Å². The fraction of sp³-hybridized carbons (Fsp3) is 0.500. The minimum atomic E-state index is -3.97. The summed E-state index contributed by atoms with van der Waals surface area (Å²) in [7, 11) is -2.29. The monoisotopic (exact) mass is 339 g/mol.